The van der Waals surface area contributed by atoms with E-state index in [0.717, 1.165) is 13.1 Å². The second kappa shape index (κ2) is 6.58. The van der Waals surface area contributed by atoms with Crippen molar-refractivity contribution in [3.63, 3.8) is 0 Å². The van der Waals surface area contributed by atoms with Gasteiger partial charge in [0, 0.05) is 26.2 Å². The molecule has 1 aliphatic heterocycles. The van der Waals surface area contributed by atoms with Gasteiger partial charge in [-0.25, -0.2) is 8.78 Å². The van der Waals surface area contributed by atoms with E-state index in [9.17, 15) is 18.9 Å². The molecule has 0 aliphatic carbocycles. The molecule has 8 heteroatoms. The predicted octanol–water partition coefficient (Wildman–Crippen LogP) is 1.62. The van der Waals surface area contributed by atoms with Gasteiger partial charge in [0.25, 0.3) is 5.69 Å². The molecule has 6 nitrogen and oxygen atoms in total. The summed E-state index contributed by atoms with van der Waals surface area (Å²) in [5.41, 5.74) is -0.928. The van der Waals surface area contributed by atoms with Gasteiger partial charge in [0.15, 0.2) is 11.6 Å². The maximum atomic E-state index is 13.6. The van der Waals surface area contributed by atoms with Crippen LogP contribution in [-0.4, -0.2) is 49.2 Å². The van der Waals surface area contributed by atoms with Gasteiger partial charge in [-0.2, -0.15) is 0 Å². The summed E-state index contributed by atoms with van der Waals surface area (Å²) in [5, 5.41) is 13.1. The smallest absolute Gasteiger partial charge is 0.275 e. The lowest BCUT2D eigenvalue weighted by atomic mass is 10.2. The van der Waals surface area contributed by atoms with Gasteiger partial charge < -0.3 is 10.1 Å². The minimum Gasteiger partial charge on any atom is -0.379 e. The van der Waals surface area contributed by atoms with E-state index in [1.54, 1.807) is 0 Å². The Bertz CT molecular complexity index is 470. The zero-order valence-electron chi connectivity index (χ0n) is 10.8. The van der Waals surface area contributed by atoms with Crippen molar-refractivity contribution in [3.05, 3.63) is 33.9 Å². The molecule has 20 heavy (non-hydrogen) atoms. The molecule has 0 aromatic heterocycles. The number of nitro benzene ring substituents is 1. The first-order chi connectivity index (χ1) is 9.58. The molecule has 1 aliphatic rings. The zero-order chi connectivity index (χ0) is 14.5. The molecule has 1 saturated heterocycles. The fourth-order valence-electron chi connectivity index (χ4n) is 2.00. The second-order valence-electron chi connectivity index (χ2n) is 4.42. The van der Waals surface area contributed by atoms with Gasteiger partial charge in [0.1, 0.15) is 5.69 Å². The van der Waals surface area contributed by atoms with Crippen LogP contribution in [0, 0.1) is 21.7 Å². The number of nitro groups is 1. The van der Waals surface area contributed by atoms with Crippen LogP contribution >= 0.6 is 0 Å². The fourth-order valence-corrected chi connectivity index (χ4v) is 2.00. The number of nitrogens with one attached hydrogen (secondary N) is 1. The SMILES string of the molecule is O=[N+]([O-])c1cc(F)c(NCCN2CCOCC2)c(F)c1. The molecular formula is C12H15F2N3O3. The Kier molecular flexibility index (Phi) is 4.80. The third-order valence-corrected chi connectivity index (χ3v) is 3.07. The van der Waals surface area contributed by atoms with Crippen molar-refractivity contribution in [1.82, 2.24) is 4.90 Å². The molecule has 0 radical (unpaired) electrons. The van der Waals surface area contributed by atoms with Crippen LogP contribution in [0.1, 0.15) is 0 Å². The molecule has 2 rings (SSSR count). The van der Waals surface area contributed by atoms with Crippen molar-refractivity contribution in [2.24, 2.45) is 0 Å². The maximum absolute atomic E-state index is 13.6. The van der Waals surface area contributed by atoms with Crippen LogP contribution in [0.25, 0.3) is 0 Å². The van der Waals surface area contributed by atoms with Gasteiger partial charge in [-0.1, -0.05) is 0 Å². The summed E-state index contributed by atoms with van der Waals surface area (Å²) in [4.78, 5) is 11.7. The molecule has 1 heterocycles. The number of morpholine rings is 1. The summed E-state index contributed by atoms with van der Waals surface area (Å²) in [7, 11) is 0. The molecule has 1 fully saturated rings. The average molecular weight is 287 g/mol. The Morgan fingerprint density at radius 3 is 2.45 bits per heavy atom. The van der Waals surface area contributed by atoms with Crippen LogP contribution in [0.15, 0.2) is 12.1 Å². The molecule has 1 aromatic carbocycles. The Morgan fingerprint density at radius 2 is 1.90 bits per heavy atom. The Balaban J connectivity index is 1.93. The quantitative estimate of drug-likeness (QED) is 0.658. The van der Waals surface area contributed by atoms with E-state index in [-0.39, 0.29) is 5.69 Å². The van der Waals surface area contributed by atoms with Crippen LogP contribution in [0.3, 0.4) is 0 Å². The summed E-state index contributed by atoms with van der Waals surface area (Å²) in [6.07, 6.45) is 0. The molecular weight excluding hydrogens is 272 g/mol. The highest BCUT2D eigenvalue weighted by Gasteiger charge is 2.17. The van der Waals surface area contributed by atoms with Gasteiger partial charge in [-0.3, -0.25) is 15.0 Å². The minimum absolute atomic E-state index is 0.330. The number of halogens is 2. The largest absolute Gasteiger partial charge is 0.379 e. The molecule has 0 amide bonds. The van der Waals surface area contributed by atoms with Crippen LogP contribution in [0.2, 0.25) is 0 Å². The highest BCUT2D eigenvalue weighted by atomic mass is 19.1. The van der Waals surface area contributed by atoms with Crippen molar-refractivity contribution in [3.8, 4) is 0 Å². The van der Waals surface area contributed by atoms with Crippen LogP contribution in [-0.2, 0) is 4.74 Å². The first-order valence-corrected chi connectivity index (χ1v) is 6.25. The summed E-state index contributed by atoms with van der Waals surface area (Å²) in [5.74, 6) is -1.92. The maximum Gasteiger partial charge on any atom is 0.275 e. The monoisotopic (exact) mass is 287 g/mol. The molecule has 0 bridgehead atoms. The van der Waals surface area contributed by atoms with Crippen LogP contribution in [0.5, 0.6) is 0 Å². The zero-order valence-corrected chi connectivity index (χ0v) is 10.8. The molecule has 0 atom stereocenters. The van der Waals surface area contributed by atoms with Crippen molar-refractivity contribution in [1.29, 1.82) is 0 Å². The number of benzene rings is 1. The Hall–Kier alpha value is -1.80. The third-order valence-electron chi connectivity index (χ3n) is 3.07. The van der Waals surface area contributed by atoms with Gasteiger partial charge in [-0.05, 0) is 0 Å². The van der Waals surface area contributed by atoms with E-state index >= 15 is 0 Å². The topological polar surface area (TPSA) is 67.6 Å². The van der Waals surface area contributed by atoms with Gasteiger partial charge in [0.05, 0.1) is 30.3 Å². The van der Waals surface area contributed by atoms with Crippen molar-refractivity contribution in [2.75, 3.05) is 44.7 Å². The summed E-state index contributed by atoms with van der Waals surface area (Å²) in [6, 6.07) is 1.42. The molecule has 0 spiro atoms. The highest BCUT2D eigenvalue weighted by molar-refractivity contribution is 5.51. The first-order valence-electron chi connectivity index (χ1n) is 6.25. The summed E-state index contributed by atoms with van der Waals surface area (Å²) in [6.45, 7) is 3.85. The lowest BCUT2D eigenvalue weighted by molar-refractivity contribution is -0.385. The number of hydrogen-bond acceptors (Lipinski definition) is 5. The molecule has 0 saturated carbocycles. The van der Waals surface area contributed by atoms with E-state index in [1.165, 1.54) is 0 Å². The molecule has 110 valence electrons. The van der Waals surface area contributed by atoms with Crippen molar-refractivity contribution in [2.45, 2.75) is 0 Å². The number of ether oxygens (including phenoxy) is 1. The second-order valence-corrected chi connectivity index (χ2v) is 4.42. The number of anilines is 1. The number of nitrogens with zero attached hydrogens (tertiary/aromatic N) is 2. The fraction of sp³-hybridized carbons (Fsp3) is 0.500. The first kappa shape index (κ1) is 14.6. The number of rotatable bonds is 5. The Morgan fingerprint density at radius 1 is 1.30 bits per heavy atom. The summed E-state index contributed by atoms with van der Waals surface area (Å²) >= 11 is 0. The predicted molar refractivity (Wildman–Crippen MR) is 68.8 cm³/mol. The van der Waals surface area contributed by atoms with Crippen molar-refractivity contribution >= 4 is 11.4 Å². The van der Waals surface area contributed by atoms with E-state index in [0.29, 0.717) is 38.4 Å². The van der Waals surface area contributed by atoms with E-state index in [4.69, 9.17) is 4.74 Å². The molecule has 1 N–H and O–H groups in total. The summed E-state index contributed by atoms with van der Waals surface area (Å²) < 4.78 is 32.4. The number of hydrogen-bond donors (Lipinski definition) is 1. The van der Waals surface area contributed by atoms with Crippen LogP contribution in [0.4, 0.5) is 20.2 Å². The van der Waals surface area contributed by atoms with Gasteiger partial charge in [0.2, 0.25) is 0 Å². The van der Waals surface area contributed by atoms with Gasteiger partial charge in [-0.15, -0.1) is 0 Å². The van der Waals surface area contributed by atoms with Crippen molar-refractivity contribution < 1.29 is 18.4 Å². The lowest BCUT2D eigenvalue weighted by Crippen LogP contribution is -2.39. The lowest BCUT2D eigenvalue weighted by Gasteiger charge is -2.26. The normalized spacial score (nSPS) is 16.1. The minimum atomic E-state index is -0.960. The van der Waals surface area contributed by atoms with Crippen LogP contribution < -0.4 is 5.32 Å². The number of non-ortho nitro benzene ring substituents is 1. The molecule has 0 unspecified atom stereocenters. The van der Waals surface area contributed by atoms with Gasteiger partial charge >= 0.3 is 0 Å². The average Bonchev–Trinajstić information content (AvgIpc) is 2.42. The van der Waals surface area contributed by atoms with E-state index in [1.807, 2.05) is 0 Å². The standard InChI is InChI=1S/C12H15F2N3O3/c13-10-7-9(17(18)19)8-11(14)12(10)15-1-2-16-3-5-20-6-4-16/h7-8,15H,1-6H2. The third kappa shape index (κ3) is 3.61. The van der Waals surface area contributed by atoms with E-state index < -0.39 is 22.2 Å². The highest BCUT2D eigenvalue weighted by Crippen LogP contribution is 2.24. The Labute approximate surface area is 114 Å². The van der Waals surface area contributed by atoms with E-state index in [2.05, 4.69) is 10.2 Å². The molecule has 1 aromatic rings.